The van der Waals surface area contributed by atoms with Crippen molar-refractivity contribution in [3.8, 4) is 0 Å². The number of rotatable bonds is 6. The molecule has 6 N–H and O–H groups in total. The van der Waals surface area contributed by atoms with E-state index in [1.165, 1.54) is 17.8 Å². The summed E-state index contributed by atoms with van der Waals surface area (Å²) in [5.74, 6) is 0. The summed E-state index contributed by atoms with van der Waals surface area (Å²) < 4.78 is 22.4. The molecule has 0 saturated carbocycles. The molecule has 0 bridgehead atoms. The van der Waals surface area contributed by atoms with E-state index in [2.05, 4.69) is 14.8 Å². The average molecular weight is 383 g/mol. The van der Waals surface area contributed by atoms with Crippen LogP contribution in [0.1, 0.15) is 6.23 Å². The highest BCUT2D eigenvalue weighted by Crippen LogP contribution is 2.41. The first-order chi connectivity index (χ1) is 11.1. The molecule has 0 aliphatic carbocycles. The van der Waals surface area contributed by atoms with E-state index in [1.807, 2.05) is 0 Å². The fourth-order valence-corrected chi connectivity index (χ4v) is 3.25. The van der Waals surface area contributed by atoms with Crippen molar-refractivity contribution in [2.24, 2.45) is 0 Å². The van der Waals surface area contributed by atoms with Gasteiger partial charge in [-0.15, -0.1) is 0 Å². The molecule has 1 aliphatic rings. The summed E-state index contributed by atoms with van der Waals surface area (Å²) in [5.41, 5.74) is -0.446. The van der Waals surface area contributed by atoms with Gasteiger partial charge in [0.25, 0.3) is 5.56 Å². The summed E-state index contributed by atoms with van der Waals surface area (Å²) >= 11 is 4.98. The van der Waals surface area contributed by atoms with Gasteiger partial charge in [0, 0.05) is 18.8 Å². The topological polar surface area (TPSA) is 166 Å². The number of aromatic amines is 1. The van der Waals surface area contributed by atoms with Crippen molar-refractivity contribution in [1.29, 1.82) is 0 Å². The van der Waals surface area contributed by atoms with Gasteiger partial charge in [0.15, 0.2) is 11.0 Å². The van der Waals surface area contributed by atoms with E-state index < -0.39 is 44.0 Å². The van der Waals surface area contributed by atoms with Crippen molar-refractivity contribution in [3.05, 3.63) is 27.4 Å². The third kappa shape index (κ3) is 4.36. The van der Waals surface area contributed by atoms with E-state index in [4.69, 9.17) is 26.7 Å². The molecule has 1 fully saturated rings. The molecular formula is C11H18N3O8PS. The number of nitrogens with zero attached hydrogens (tertiary/aromatic N) is 1. The van der Waals surface area contributed by atoms with E-state index in [0.29, 0.717) is 0 Å². The number of aromatic nitrogens is 2. The van der Waals surface area contributed by atoms with E-state index >= 15 is 0 Å². The van der Waals surface area contributed by atoms with Crippen LogP contribution < -0.4 is 10.9 Å². The number of hydrogen-bond donors (Lipinski definition) is 6. The van der Waals surface area contributed by atoms with Gasteiger partial charge in [-0.1, -0.05) is 0 Å². The summed E-state index contributed by atoms with van der Waals surface area (Å²) in [6, 6.07) is 1.16. The Kier molecular flexibility index (Phi) is 6.07. The van der Waals surface area contributed by atoms with Gasteiger partial charge in [-0.25, -0.2) is 4.57 Å². The number of phosphoric acid groups is 1. The molecule has 136 valence electrons. The number of aliphatic hydroxyl groups is 2. The summed E-state index contributed by atoms with van der Waals surface area (Å²) in [6.07, 6.45) is -5.29. The summed E-state index contributed by atoms with van der Waals surface area (Å²) in [4.78, 5) is 31.5. The van der Waals surface area contributed by atoms with Gasteiger partial charge >= 0.3 is 7.82 Å². The van der Waals surface area contributed by atoms with Gasteiger partial charge in [0.1, 0.15) is 24.4 Å². The van der Waals surface area contributed by atoms with Crippen LogP contribution in [-0.4, -0.2) is 67.6 Å². The lowest BCUT2D eigenvalue weighted by Crippen LogP contribution is -2.44. The summed E-state index contributed by atoms with van der Waals surface area (Å²) in [5, 5.41) is 23.0. The second-order valence-electron chi connectivity index (χ2n) is 5.18. The van der Waals surface area contributed by atoms with Crippen LogP contribution >= 0.6 is 20.0 Å². The zero-order valence-corrected chi connectivity index (χ0v) is 14.2. The highest BCUT2D eigenvalue weighted by molar-refractivity contribution is 7.71. The minimum absolute atomic E-state index is 0.0412. The van der Waals surface area contributed by atoms with Crippen LogP contribution in [0.4, 0.5) is 0 Å². The molecule has 1 aromatic heterocycles. The highest BCUT2D eigenvalue weighted by Gasteiger charge is 2.48. The minimum Gasteiger partial charge on any atom is -0.387 e. The minimum atomic E-state index is -4.85. The average Bonchev–Trinajstić information content (AvgIpc) is 2.74. The molecule has 0 spiro atoms. The number of ether oxygens (including phenoxy) is 1. The van der Waals surface area contributed by atoms with Crippen molar-refractivity contribution >= 4 is 20.0 Å². The largest absolute Gasteiger partial charge is 0.469 e. The van der Waals surface area contributed by atoms with Gasteiger partial charge in [0.05, 0.1) is 0 Å². The predicted octanol–water partition coefficient (Wildman–Crippen LogP) is -1.78. The molecule has 1 saturated heterocycles. The van der Waals surface area contributed by atoms with Crippen LogP contribution in [0.2, 0.25) is 0 Å². The molecule has 1 aliphatic heterocycles. The molecule has 5 atom stereocenters. The lowest BCUT2D eigenvalue weighted by molar-refractivity contribution is -0.0816. The lowest BCUT2D eigenvalue weighted by atomic mass is 10.1. The van der Waals surface area contributed by atoms with Crippen LogP contribution in [0.5, 0.6) is 0 Å². The number of H-pyrrole nitrogens is 1. The van der Waals surface area contributed by atoms with Crippen molar-refractivity contribution in [1.82, 2.24) is 14.9 Å². The molecule has 0 amide bonds. The zero-order chi connectivity index (χ0) is 18.1. The maximum atomic E-state index is 11.2. The Hall–Kier alpha value is -0.950. The number of phosphoric ester groups is 1. The number of nitrogens with one attached hydrogen (secondary N) is 2. The summed E-state index contributed by atoms with van der Waals surface area (Å²) in [6.45, 7) is -0.0523. The van der Waals surface area contributed by atoms with Crippen molar-refractivity contribution in [2.75, 3.05) is 13.6 Å². The Morgan fingerprint density at radius 3 is 2.71 bits per heavy atom. The van der Waals surface area contributed by atoms with Crippen LogP contribution in [0, 0.1) is 4.77 Å². The normalized spacial score (nSPS) is 28.9. The second-order valence-corrected chi connectivity index (χ2v) is 6.76. The van der Waals surface area contributed by atoms with E-state index in [0.717, 1.165) is 6.07 Å². The Morgan fingerprint density at radius 1 is 1.50 bits per heavy atom. The molecular weight excluding hydrogens is 365 g/mol. The SMILES string of the molecule is CNCC(OP(=O)(O)O)[C@H]1O[C@@H](n2ccc(=O)[nH]c2=S)[C@H](O)[C@@H]1O. The van der Waals surface area contributed by atoms with Gasteiger partial charge in [-0.3, -0.25) is 18.9 Å². The molecule has 2 heterocycles. The van der Waals surface area contributed by atoms with Gasteiger partial charge < -0.3 is 30.1 Å². The standard InChI is InChI=1S/C11H18N3O8PS/c1-12-4-5(22-23(18,19)20)9-7(16)8(17)10(21-9)14-3-2-6(15)13-11(14)24/h2-3,5,7-10,12,16-17H,4H2,1H3,(H,13,15,24)(H2,18,19,20)/t5?,7-,8+,9+,10+/m0/s1. The third-order valence-corrected chi connectivity index (χ3v) is 4.30. The van der Waals surface area contributed by atoms with Crippen LogP contribution in [-0.2, 0) is 13.8 Å². The third-order valence-electron chi connectivity index (χ3n) is 3.44. The number of hydrogen-bond acceptors (Lipinski definition) is 8. The van der Waals surface area contributed by atoms with Gasteiger partial charge in [-0.2, -0.15) is 0 Å². The maximum absolute atomic E-state index is 11.2. The number of aliphatic hydroxyl groups excluding tert-OH is 2. The van der Waals surface area contributed by atoms with Crippen molar-refractivity contribution in [3.63, 3.8) is 0 Å². The van der Waals surface area contributed by atoms with Crippen LogP contribution in [0.15, 0.2) is 17.1 Å². The zero-order valence-electron chi connectivity index (χ0n) is 12.5. The molecule has 11 nitrogen and oxygen atoms in total. The highest BCUT2D eigenvalue weighted by atomic mass is 32.1. The monoisotopic (exact) mass is 383 g/mol. The van der Waals surface area contributed by atoms with E-state index in [-0.39, 0.29) is 11.3 Å². The van der Waals surface area contributed by atoms with Gasteiger partial charge in [-0.05, 0) is 19.3 Å². The van der Waals surface area contributed by atoms with Crippen molar-refractivity contribution in [2.45, 2.75) is 30.6 Å². The molecule has 2 rings (SSSR count). The summed E-state index contributed by atoms with van der Waals surface area (Å²) in [7, 11) is -3.33. The lowest BCUT2D eigenvalue weighted by Gasteiger charge is -2.25. The fourth-order valence-electron chi connectivity index (χ4n) is 2.44. The van der Waals surface area contributed by atoms with Gasteiger partial charge in [0.2, 0.25) is 0 Å². The first-order valence-corrected chi connectivity index (χ1v) is 8.79. The smallest absolute Gasteiger partial charge is 0.387 e. The van der Waals surface area contributed by atoms with Crippen LogP contribution in [0.3, 0.4) is 0 Å². The van der Waals surface area contributed by atoms with E-state index in [9.17, 15) is 19.6 Å². The molecule has 0 radical (unpaired) electrons. The predicted molar refractivity (Wildman–Crippen MR) is 82.7 cm³/mol. The number of likely N-dealkylation sites (N-methyl/N-ethyl adjacent to an activating group) is 1. The molecule has 0 aromatic carbocycles. The first kappa shape index (κ1) is 19.4. The molecule has 1 unspecified atom stereocenters. The van der Waals surface area contributed by atoms with Crippen molar-refractivity contribution < 1.29 is 33.8 Å². The second kappa shape index (κ2) is 7.52. The van der Waals surface area contributed by atoms with Crippen LogP contribution in [0.25, 0.3) is 0 Å². The maximum Gasteiger partial charge on any atom is 0.469 e. The quantitative estimate of drug-likeness (QED) is 0.244. The Morgan fingerprint density at radius 2 is 2.17 bits per heavy atom. The Labute approximate surface area is 141 Å². The Bertz CT molecular complexity index is 732. The molecule has 13 heteroatoms. The first-order valence-electron chi connectivity index (χ1n) is 6.85. The molecule has 24 heavy (non-hydrogen) atoms. The fraction of sp³-hybridized carbons (Fsp3) is 0.636. The Balaban J connectivity index is 2.29. The van der Waals surface area contributed by atoms with E-state index in [1.54, 1.807) is 0 Å². The molecule has 1 aromatic rings.